The Balaban J connectivity index is 1.09. The maximum atomic E-state index is 14.8. The third kappa shape index (κ3) is 4.70. The highest BCUT2D eigenvalue weighted by Gasteiger charge is 2.55. The van der Waals surface area contributed by atoms with E-state index < -0.39 is 11.2 Å². The number of halogens is 1. The molecule has 6 heterocycles. The van der Waals surface area contributed by atoms with Crippen molar-refractivity contribution in [3.63, 3.8) is 0 Å². The standard InChI is InChI=1S/C37H43FN8O/c1-23(2)45-22-41-31-19-30(43-34(33(31)45)42-29-6-12-40-20-28(29)38)24-4-5-27-32(16-24)46(35(47)37(27)10-13-39-14-11-37)26-17-25(18-26)44-15-3-7-36(21-44)8-9-36/h4-6,12,16,19-20,22-23,25-26,39H,3,7-11,13-15,17-18,21H2,1-2H3,(H,40,42,43)/t25-,26+. The first-order chi connectivity index (χ1) is 22.8. The molecule has 2 saturated carbocycles. The lowest BCUT2D eigenvalue weighted by Gasteiger charge is -2.49. The molecule has 3 aliphatic heterocycles. The van der Waals surface area contributed by atoms with Crippen LogP contribution in [0.5, 0.6) is 0 Å². The number of piperidine rings is 2. The molecule has 5 aliphatic rings. The second-order valence-corrected chi connectivity index (χ2v) is 15.0. The van der Waals surface area contributed by atoms with Gasteiger partial charge < -0.3 is 20.1 Å². The van der Waals surface area contributed by atoms with Gasteiger partial charge >= 0.3 is 0 Å². The summed E-state index contributed by atoms with van der Waals surface area (Å²) < 4.78 is 16.8. The van der Waals surface area contributed by atoms with E-state index in [2.05, 4.69) is 62.0 Å². The van der Waals surface area contributed by atoms with Crippen LogP contribution in [0, 0.1) is 11.2 Å². The zero-order valence-electron chi connectivity index (χ0n) is 27.3. The van der Waals surface area contributed by atoms with Crippen LogP contribution in [0.15, 0.2) is 49.1 Å². The normalized spacial score (nSPS) is 24.7. The average molecular weight is 635 g/mol. The van der Waals surface area contributed by atoms with Crippen molar-refractivity contribution in [3.8, 4) is 11.3 Å². The molecule has 47 heavy (non-hydrogen) atoms. The third-order valence-electron chi connectivity index (χ3n) is 11.9. The van der Waals surface area contributed by atoms with E-state index in [0.717, 1.165) is 72.3 Å². The number of anilines is 3. The van der Waals surface area contributed by atoms with Gasteiger partial charge in [-0.1, -0.05) is 12.1 Å². The van der Waals surface area contributed by atoms with Crippen LogP contribution >= 0.6 is 0 Å². The SMILES string of the molecule is CC(C)n1cnc2cc(-c3ccc4c(c3)N([C@H]3C[C@@H](N5CCCC6(CC6)C5)C3)C(=O)C43CCNCC3)nc(Nc3ccncc3F)c21. The number of fused-ring (bicyclic) bond motifs is 3. The molecule has 2 saturated heterocycles. The van der Waals surface area contributed by atoms with Crippen LogP contribution in [0.25, 0.3) is 22.3 Å². The molecular weight excluding hydrogens is 591 g/mol. The van der Waals surface area contributed by atoms with Gasteiger partial charge in [-0.3, -0.25) is 14.7 Å². The molecule has 2 aliphatic carbocycles. The number of nitrogens with one attached hydrogen (secondary N) is 2. The monoisotopic (exact) mass is 634 g/mol. The molecular formula is C37H43FN8O. The molecule has 3 aromatic heterocycles. The van der Waals surface area contributed by atoms with E-state index in [1.807, 2.05) is 12.4 Å². The Bertz CT molecular complexity index is 1870. The van der Waals surface area contributed by atoms with Gasteiger partial charge in [0.2, 0.25) is 5.91 Å². The number of rotatable bonds is 6. The molecule has 1 aromatic carbocycles. The van der Waals surface area contributed by atoms with E-state index in [4.69, 9.17) is 9.97 Å². The summed E-state index contributed by atoms with van der Waals surface area (Å²) in [5.41, 5.74) is 5.90. The van der Waals surface area contributed by atoms with Crippen molar-refractivity contribution in [3.05, 3.63) is 60.4 Å². The summed E-state index contributed by atoms with van der Waals surface area (Å²) in [5.74, 6) is 0.369. The Morgan fingerprint density at radius 2 is 1.87 bits per heavy atom. The molecule has 4 fully saturated rings. The predicted molar refractivity (Wildman–Crippen MR) is 181 cm³/mol. The Labute approximate surface area is 275 Å². The topological polar surface area (TPSA) is 91.2 Å². The summed E-state index contributed by atoms with van der Waals surface area (Å²) in [6.45, 7) is 8.32. The quantitative estimate of drug-likeness (QED) is 0.256. The smallest absolute Gasteiger partial charge is 0.238 e. The van der Waals surface area contributed by atoms with Crippen LogP contribution in [0.1, 0.15) is 76.8 Å². The van der Waals surface area contributed by atoms with Gasteiger partial charge in [0.25, 0.3) is 0 Å². The number of imidazole rings is 1. The van der Waals surface area contributed by atoms with Crippen molar-refractivity contribution in [1.82, 2.24) is 29.7 Å². The van der Waals surface area contributed by atoms with E-state index in [0.29, 0.717) is 23.0 Å². The van der Waals surface area contributed by atoms with E-state index in [1.165, 1.54) is 45.0 Å². The summed E-state index contributed by atoms with van der Waals surface area (Å²) in [7, 11) is 0. The molecule has 2 N–H and O–H groups in total. The number of benzene rings is 1. The van der Waals surface area contributed by atoms with Gasteiger partial charge in [-0.05, 0) is 114 Å². The number of carbonyl (C=O) groups excluding carboxylic acids is 1. The third-order valence-corrected chi connectivity index (χ3v) is 11.9. The Hall–Kier alpha value is -3.89. The van der Waals surface area contributed by atoms with Gasteiger partial charge in [0, 0.05) is 42.1 Å². The highest BCUT2D eigenvalue weighted by molar-refractivity contribution is 6.09. The average Bonchev–Trinajstić information content (AvgIpc) is 3.57. The number of amides is 1. The fraction of sp³-hybridized carbons (Fsp3) is 0.514. The molecule has 10 heteroatoms. The molecule has 1 amide bonds. The lowest BCUT2D eigenvalue weighted by Crippen LogP contribution is -2.59. The number of carbonyl (C=O) groups is 1. The van der Waals surface area contributed by atoms with Crippen LogP contribution in [0.2, 0.25) is 0 Å². The van der Waals surface area contributed by atoms with E-state index in [-0.39, 0.29) is 18.0 Å². The zero-order chi connectivity index (χ0) is 31.9. The summed E-state index contributed by atoms with van der Waals surface area (Å²) in [4.78, 5) is 33.2. The molecule has 4 aromatic rings. The van der Waals surface area contributed by atoms with Gasteiger partial charge in [0.05, 0.1) is 34.8 Å². The molecule has 2 spiro atoms. The highest BCUT2D eigenvalue weighted by Crippen LogP contribution is 2.55. The molecule has 0 atom stereocenters. The number of likely N-dealkylation sites (tertiary alicyclic amines) is 1. The van der Waals surface area contributed by atoms with Crippen molar-refractivity contribution in [2.24, 2.45) is 5.41 Å². The maximum absolute atomic E-state index is 14.8. The molecule has 244 valence electrons. The van der Waals surface area contributed by atoms with Crippen molar-refractivity contribution >= 4 is 34.1 Å². The minimum Gasteiger partial charge on any atom is -0.336 e. The van der Waals surface area contributed by atoms with Crippen LogP contribution in [0.3, 0.4) is 0 Å². The van der Waals surface area contributed by atoms with Crippen molar-refractivity contribution in [1.29, 1.82) is 0 Å². The molecule has 0 bridgehead atoms. The first-order valence-corrected chi connectivity index (χ1v) is 17.5. The largest absolute Gasteiger partial charge is 0.336 e. The van der Waals surface area contributed by atoms with Gasteiger partial charge in [0.1, 0.15) is 5.52 Å². The Morgan fingerprint density at radius 1 is 1.04 bits per heavy atom. The van der Waals surface area contributed by atoms with Crippen LogP contribution < -0.4 is 15.5 Å². The minimum absolute atomic E-state index is 0.141. The van der Waals surface area contributed by atoms with Gasteiger partial charge in [0.15, 0.2) is 11.6 Å². The zero-order valence-corrected chi connectivity index (χ0v) is 27.3. The van der Waals surface area contributed by atoms with Gasteiger partial charge in [-0.25, -0.2) is 14.4 Å². The maximum Gasteiger partial charge on any atom is 0.238 e. The summed E-state index contributed by atoms with van der Waals surface area (Å²) in [6, 6.07) is 11.0. The molecule has 0 unspecified atom stereocenters. The number of aromatic nitrogens is 4. The molecule has 0 radical (unpaired) electrons. The lowest BCUT2D eigenvalue weighted by atomic mass is 9.74. The van der Waals surface area contributed by atoms with Crippen molar-refractivity contribution in [2.75, 3.05) is 36.4 Å². The van der Waals surface area contributed by atoms with E-state index >= 15 is 0 Å². The fourth-order valence-corrected chi connectivity index (χ4v) is 8.95. The Morgan fingerprint density at radius 3 is 2.64 bits per heavy atom. The molecule has 9 rings (SSSR count). The first-order valence-electron chi connectivity index (χ1n) is 17.5. The number of hydrogen-bond acceptors (Lipinski definition) is 7. The summed E-state index contributed by atoms with van der Waals surface area (Å²) in [5, 5.41) is 6.72. The highest BCUT2D eigenvalue weighted by atomic mass is 19.1. The van der Waals surface area contributed by atoms with Gasteiger partial charge in [-0.15, -0.1) is 0 Å². The second-order valence-electron chi connectivity index (χ2n) is 15.0. The van der Waals surface area contributed by atoms with E-state index in [1.54, 1.807) is 12.3 Å². The van der Waals surface area contributed by atoms with Crippen molar-refractivity contribution in [2.45, 2.75) is 88.8 Å². The fourth-order valence-electron chi connectivity index (χ4n) is 8.95. The predicted octanol–water partition coefficient (Wildman–Crippen LogP) is 6.33. The Kier molecular flexibility index (Phi) is 6.74. The van der Waals surface area contributed by atoms with Crippen LogP contribution in [0.4, 0.5) is 21.6 Å². The number of nitrogens with zero attached hydrogens (tertiary/aromatic N) is 6. The first kappa shape index (κ1) is 29.3. The van der Waals surface area contributed by atoms with Crippen LogP contribution in [-0.2, 0) is 10.2 Å². The van der Waals surface area contributed by atoms with Crippen molar-refractivity contribution < 1.29 is 9.18 Å². The van der Waals surface area contributed by atoms with E-state index in [9.17, 15) is 9.18 Å². The minimum atomic E-state index is -0.466. The number of hydrogen-bond donors (Lipinski definition) is 2. The summed E-state index contributed by atoms with van der Waals surface area (Å²) in [6.07, 6.45) is 13.8. The second kappa shape index (κ2) is 10.8. The number of pyridine rings is 2. The summed E-state index contributed by atoms with van der Waals surface area (Å²) >= 11 is 0. The lowest BCUT2D eigenvalue weighted by molar-refractivity contribution is -0.125. The molecule has 9 nitrogen and oxygen atoms in total. The van der Waals surface area contributed by atoms with Gasteiger partial charge in [-0.2, -0.15) is 0 Å². The van der Waals surface area contributed by atoms with Crippen LogP contribution in [-0.4, -0.2) is 68.6 Å².